The Balaban J connectivity index is 1.94. The molecular weight excluding hydrogens is 270 g/mol. The van der Waals surface area contributed by atoms with E-state index in [4.69, 9.17) is 4.74 Å². The van der Waals surface area contributed by atoms with Crippen LogP contribution in [0.15, 0.2) is 24.3 Å². The van der Waals surface area contributed by atoms with Gasteiger partial charge in [-0.15, -0.1) is 0 Å². The first-order valence-corrected chi connectivity index (χ1v) is 7.26. The van der Waals surface area contributed by atoms with Crippen molar-refractivity contribution in [3.05, 3.63) is 29.8 Å². The van der Waals surface area contributed by atoms with Crippen LogP contribution in [0.5, 0.6) is 5.75 Å². The fourth-order valence-corrected chi connectivity index (χ4v) is 3.67. The van der Waals surface area contributed by atoms with Gasteiger partial charge in [-0.1, -0.05) is 25.1 Å². The van der Waals surface area contributed by atoms with Gasteiger partial charge in [0.05, 0.1) is 12.0 Å². The fraction of sp³-hybridized carbons (Fsp3) is 0.500. The number of likely N-dealkylation sites (tertiary alicyclic amines) is 1. The van der Waals surface area contributed by atoms with Gasteiger partial charge in [-0.05, 0) is 18.9 Å². The van der Waals surface area contributed by atoms with Crippen molar-refractivity contribution in [2.75, 3.05) is 6.61 Å². The normalized spacial score (nSPS) is 31.7. The molecule has 0 aliphatic carbocycles. The van der Waals surface area contributed by atoms with Gasteiger partial charge in [0, 0.05) is 18.0 Å². The van der Waals surface area contributed by atoms with E-state index in [1.54, 1.807) is 4.90 Å². The van der Waals surface area contributed by atoms with Crippen LogP contribution >= 0.6 is 0 Å². The minimum Gasteiger partial charge on any atom is -0.491 e. The summed E-state index contributed by atoms with van der Waals surface area (Å²) in [7, 11) is 0. The molecule has 1 aromatic carbocycles. The maximum atomic E-state index is 12.5. The highest BCUT2D eigenvalue weighted by Gasteiger charge is 2.46. The SMILES string of the molecule is CC1CC(=O)N(C2COc3ccccc32)C(C)C1C(=O)O. The lowest BCUT2D eigenvalue weighted by Crippen LogP contribution is -2.54. The van der Waals surface area contributed by atoms with Crippen LogP contribution in [0.1, 0.15) is 31.9 Å². The first kappa shape index (κ1) is 13.9. The molecule has 1 amide bonds. The Hall–Kier alpha value is -2.04. The van der Waals surface area contributed by atoms with Crippen molar-refractivity contribution in [3.63, 3.8) is 0 Å². The number of piperidine rings is 1. The monoisotopic (exact) mass is 289 g/mol. The molecule has 0 saturated carbocycles. The van der Waals surface area contributed by atoms with Gasteiger partial charge in [-0.2, -0.15) is 0 Å². The number of carboxylic acid groups (broad SMARTS) is 1. The van der Waals surface area contributed by atoms with Crippen LogP contribution < -0.4 is 4.74 Å². The van der Waals surface area contributed by atoms with Crippen LogP contribution in [0, 0.1) is 11.8 Å². The Morgan fingerprint density at radius 3 is 2.76 bits per heavy atom. The van der Waals surface area contributed by atoms with E-state index in [-0.39, 0.29) is 30.3 Å². The summed E-state index contributed by atoms with van der Waals surface area (Å²) in [6.45, 7) is 4.06. The molecule has 1 fully saturated rings. The van der Waals surface area contributed by atoms with Crippen molar-refractivity contribution in [2.45, 2.75) is 32.4 Å². The molecule has 0 radical (unpaired) electrons. The smallest absolute Gasteiger partial charge is 0.308 e. The Labute approximate surface area is 123 Å². The Bertz CT molecular complexity index is 585. The van der Waals surface area contributed by atoms with Gasteiger partial charge in [0.1, 0.15) is 12.4 Å². The zero-order valence-corrected chi connectivity index (χ0v) is 12.2. The summed E-state index contributed by atoms with van der Waals surface area (Å²) in [6, 6.07) is 7.12. The lowest BCUT2D eigenvalue weighted by molar-refractivity contribution is -0.157. The minimum absolute atomic E-state index is 0.0119. The largest absolute Gasteiger partial charge is 0.491 e. The number of ether oxygens (including phenoxy) is 1. The lowest BCUT2D eigenvalue weighted by Gasteiger charge is -2.43. The number of benzene rings is 1. The number of aliphatic carboxylic acids is 1. The van der Waals surface area contributed by atoms with Crippen molar-refractivity contribution in [1.29, 1.82) is 0 Å². The van der Waals surface area contributed by atoms with Gasteiger partial charge in [0.15, 0.2) is 0 Å². The highest BCUT2D eigenvalue weighted by Crippen LogP contribution is 2.41. The van der Waals surface area contributed by atoms with Gasteiger partial charge >= 0.3 is 5.97 Å². The zero-order valence-electron chi connectivity index (χ0n) is 12.2. The predicted octanol–water partition coefficient (Wildman–Crippen LogP) is 2.08. The number of fused-ring (bicyclic) bond motifs is 1. The molecule has 0 bridgehead atoms. The van der Waals surface area contributed by atoms with E-state index in [2.05, 4.69) is 0 Å². The number of carbonyl (C=O) groups excluding carboxylic acids is 1. The molecule has 5 nitrogen and oxygen atoms in total. The molecule has 0 spiro atoms. The molecule has 0 aromatic heterocycles. The number of amides is 1. The lowest BCUT2D eigenvalue weighted by atomic mass is 9.80. The second kappa shape index (κ2) is 5.06. The first-order valence-electron chi connectivity index (χ1n) is 7.26. The van der Waals surface area contributed by atoms with Crippen LogP contribution in [0.25, 0.3) is 0 Å². The Kier molecular flexibility index (Phi) is 3.35. The Morgan fingerprint density at radius 1 is 1.33 bits per heavy atom. The molecule has 21 heavy (non-hydrogen) atoms. The molecule has 1 aromatic rings. The second-order valence-electron chi connectivity index (χ2n) is 5.95. The van der Waals surface area contributed by atoms with E-state index >= 15 is 0 Å². The highest BCUT2D eigenvalue weighted by atomic mass is 16.5. The maximum Gasteiger partial charge on any atom is 0.308 e. The average Bonchev–Trinajstić information content (AvgIpc) is 2.82. The summed E-state index contributed by atoms with van der Waals surface area (Å²) in [5.41, 5.74) is 0.969. The number of carbonyl (C=O) groups is 2. The van der Waals surface area contributed by atoms with Crippen LogP contribution in [0.3, 0.4) is 0 Å². The number of nitrogens with zero attached hydrogens (tertiary/aromatic N) is 1. The molecule has 2 aliphatic rings. The number of para-hydroxylation sites is 1. The summed E-state index contributed by atoms with van der Waals surface area (Å²) in [5, 5.41) is 9.45. The molecule has 4 atom stereocenters. The van der Waals surface area contributed by atoms with Gasteiger partial charge in [-0.25, -0.2) is 0 Å². The summed E-state index contributed by atoms with van der Waals surface area (Å²) >= 11 is 0. The quantitative estimate of drug-likeness (QED) is 0.905. The number of rotatable bonds is 2. The average molecular weight is 289 g/mol. The van der Waals surface area contributed by atoms with Crippen molar-refractivity contribution in [2.24, 2.45) is 11.8 Å². The topological polar surface area (TPSA) is 66.8 Å². The van der Waals surface area contributed by atoms with Gasteiger partial charge < -0.3 is 14.7 Å². The highest BCUT2D eigenvalue weighted by molar-refractivity contribution is 5.82. The minimum atomic E-state index is -0.834. The zero-order chi connectivity index (χ0) is 15.1. The molecule has 2 aliphatic heterocycles. The van der Waals surface area contributed by atoms with Gasteiger partial charge in [0.25, 0.3) is 0 Å². The van der Waals surface area contributed by atoms with E-state index in [0.717, 1.165) is 11.3 Å². The van der Waals surface area contributed by atoms with Gasteiger partial charge in [0.2, 0.25) is 5.91 Å². The summed E-state index contributed by atoms with van der Waals surface area (Å²) in [5.74, 6) is -0.709. The first-order chi connectivity index (χ1) is 10.0. The molecule has 2 heterocycles. The van der Waals surface area contributed by atoms with Crippen molar-refractivity contribution >= 4 is 11.9 Å². The fourth-order valence-electron chi connectivity index (χ4n) is 3.67. The summed E-state index contributed by atoms with van der Waals surface area (Å²) < 4.78 is 5.64. The van der Waals surface area contributed by atoms with E-state index in [1.807, 2.05) is 38.1 Å². The molecule has 4 unspecified atom stereocenters. The molecular formula is C16H19NO4. The molecule has 1 N–H and O–H groups in total. The second-order valence-corrected chi connectivity index (χ2v) is 5.95. The molecule has 3 rings (SSSR count). The van der Waals surface area contributed by atoms with E-state index in [0.29, 0.717) is 6.61 Å². The number of hydrogen-bond donors (Lipinski definition) is 1. The predicted molar refractivity (Wildman–Crippen MR) is 75.9 cm³/mol. The molecule has 112 valence electrons. The van der Waals surface area contributed by atoms with Crippen LogP contribution in [0.4, 0.5) is 0 Å². The van der Waals surface area contributed by atoms with Crippen LogP contribution in [-0.2, 0) is 9.59 Å². The third-order valence-electron chi connectivity index (χ3n) is 4.65. The Morgan fingerprint density at radius 2 is 2.05 bits per heavy atom. The van der Waals surface area contributed by atoms with Crippen molar-refractivity contribution in [3.8, 4) is 5.75 Å². The van der Waals surface area contributed by atoms with Crippen molar-refractivity contribution < 1.29 is 19.4 Å². The summed E-state index contributed by atoms with van der Waals surface area (Å²) in [6.07, 6.45) is 0.278. The van der Waals surface area contributed by atoms with Crippen molar-refractivity contribution in [1.82, 2.24) is 4.90 Å². The summed E-state index contributed by atoms with van der Waals surface area (Å²) in [4.78, 5) is 25.7. The third-order valence-corrected chi connectivity index (χ3v) is 4.65. The number of hydrogen-bond acceptors (Lipinski definition) is 3. The molecule has 5 heteroatoms. The standard InChI is InChI=1S/C16H19NO4/c1-9-7-14(18)17(10(2)15(9)16(19)20)12-8-21-13-6-4-3-5-11(12)13/h3-6,9-10,12,15H,7-8H2,1-2H3,(H,19,20). The van der Waals surface area contributed by atoms with E-state index in [1.165, 1.54) is 0 Å². The maximum absolute atomic E-state index is 12.5. The van der Waals surface area contributed by atoms with E-state index in [9.17, 15) is 14.7 Å². The van der Waals surface area contributed by atoms with Crippen LogP contribution in [0.2, 0.25) is 0 Å². The van der Waals surface area contributed by atoms with E-state index < -0.39 is 11.9 Å². The number of carboxylic acids is 1. The van der Waals surface area contributed by atoms with Crippen LogP contribution in [-0.4, -0.2) is 34.5 Å². The van der Waals surface area contributed by atoms with Gasteiger partial charge in [-0.3, -0.25) is 9.59 Å². The third kappa shape index (κ3) is 2.17. The molecule has 1 saturated heterocycles.